The zero-order chi connectivity index (χ0) is 11.4. The first kappa shape index (κ1) is 13.8. The lowest BCUT2D eigenvalue weighted by atomic mass is 10.6. The summed E-state index contributed by atoms with van der Waals surface area (Å²) in [7, 11) is 1.98. The predicted molar refractivity (Wildman–Crippen MR) is 61.8 cm³/mol. The molecule has 0 spiro atoms. The molecule has 0 saturated heterocycles. The number of hydrogen-bond donors (Lipinski definition) is 1. The van der Waals surface area contributed by atoms with E-state index in [1.165, 1.54) is 11.4 Å². The molecule has 2 N–H and O–H groups in total. The minimum absolute atomic E-state index is 0.00158. The summed E-state index contributed by atoms with van der Waals surface area (Å²) in [5, 5.41) is 0. The first-order valence-corrected chi connectivity index (χ1v) is 6.14. The lowest BCUT2D eigenvalue weighted by Crippen LogP contribution is -2.37. The summed E-state index contributed by atoms with van der Waals surface area (Å²) in [5.74, 6) is -0.258. The van der Waals surface area contributed by atoms with Crippen LogP contribution in [-0.2, 0) is 10.0 Å². The number of hydrogen-bond acceptors (Lipinski definition) is 4. The molecule has 0 atom stereocenters. The molecule has 0 aliphatic heterocycles. The van der Waals surface area contributed by atoms with Gasteiger partial charge in [-0.1, -0.05) is 12.2 Å². The quantitative estimate of drug-likeness (QED) is 0.608. The Hall–Kier alpha value is -0.240. The zero-order valence-corrected chi connectivity index (χ0v) is 10.4. The molecular weight excluding hydrogens is 222 g/mol. The highest BCUT2D eigenvalue weighted by atomic mass is 32.2. The first-order chi connectivity index (χ1) is 6.25. The third-order valence-corrected chi connectivity index (χ3v) is 3.80. The van der Waals surface area contributed by atoms with Crippen LogP contribution >= 0.6 is 12.2 Å². The van der Waals surface area contributed by atoms with E-state index in [-0.39, 0.29) is 10.7 Å². The van der Waals surface area contributed by atoms with Crippen LogP contribution in [0.1, 0.15) is 0 Å². The molecule has 0 aromatic heterocycles. The van der Waals surface area contributed by atoms with E-state index in [4.69, 9.17) is 5.73 Å². The molecule has 0 aliphatic carbocycles. The Labute approximate surface area is 90.9 Å². The van der Waals surface area contributed by atoms with Crippen LogP contribution in [0.15, 0.2) is 0 Å². The Kier molecular flexibility index (Phi) is 5.50. The maximum atomic E-state index is 11.5. The predicted octanol–water partition coefficient (Wildman–Crippen LogP) is -0.904. The number of likely N-dealkylation sites (N-methyl/N-ethyl adjacent to an activating group) is 2. The van der Waals surface area contributed by atoms with Gasteiger partial charge in [-0.25, -0.2) is 12.7 Å². The van der Waals surface area contributed by atoms with Gasteiger partial charge in [0, 0.05) is 20.1 Å². The van der Waals surface area contributed by atoms with Gasteiger partial charge in [0.05, 0.1) is 4.99 Å². The third-order valence-electron chi connectivity index (χ3n) is 1.66. The lowest BCUT2D eigenvalue weighted by molar-refractivity contribution is 0.359. The fourth-order valence-electron chi connectivity index (χ4n) is 0.770. The van der Waals surface area contributed by atoms with Gasteiger partial charge in [-0.3, -0.25) is 0 Å². The third kappa shape index (κ3) is 5.48. The molecule has 7 heteroatoms. The van der Waals surface area contributed by atoms with E-state index in [9.17, 15) is 8.42 Å². The molecule has 0 aromatic carbocycles. The Morgan fingerprint density at radius 1 is 1.29 bits per heavy atom. The van der Waals surface area contributed by atoms with Crippen molar-refractivity contribution in [3.05, 3.63) is 0 Å². The van der Waals surface area contributed by atoms with Gasteiger partial charge in [0.2, 0.25) is 10.0 Å². The standard InChI is InChI=1S/C7H17N3O2S2/c1-9(2)4-5-10(3)14(11,12)6-7(8)13/h4-6H2,1-3H3,(H2,8,13). The van der Waals surface area contributed by atoms with Crippen molar-refractivity contribution in [2.45, 2.75) is 0 Å². The minimum Gasteiger partial charge on any atom is -0.392 e. The van der Waals surface area contributed by atoms with Crippen molar-refractivity contribution in [2.24, 2.45) is 5.73 Å². The molecule has 0 aromatic rings. The Morgan fingerprint density at radius 3 is 2.14 bits per heavy atom. The van der Waals surface area contributed by atoms with Crippen molar-refractivity contribution < 1.29 is 8.42 Å². The van der Waals surface area contributed by atoms with Crippen molar-refractivity contribution in [3.8, 4) is 0 Å². The van der Waals surface area contributed by atoms with Gasteiger partial charge in [-0.15, -0.1) is 0 Å². The van der Waals surface area contributed by atoms with Crippen molar-refractivity contribution in [3.63, 3.8) is 0 Å². The van der Waals surface area contributed by atoms with Crippen LogP contribution in [0.3, 0.4) is 0 Å². The van der Waals surface area contributed by atoms with Crippen LogP contribution in [-0.4, -0.2) is 62.6 Å². The van der Waals surface area contributed by atoms with Crippen LogP contribution in [0.4, 0.5) is 0 Å². The van der Waals surface area contributed by atoms with Crippen LogP contribution in [0, 0.1) is 0 Å². The molecule has 5 nitrogen and oxygen atoms in total. The molecule has 0 rings (SSSR count). The molecule has 0 aliphatic rings. The number of nitrogens with two attached hydrogens (primary N) is 1. The van der Waals surface area contributed by atoms with Crippen molar-refractivity contribution in [1.82, 2.24) is 9.21 Å². The van der Waals surface area contributed by atoms with Gasteiger partial charge in [0.25, 0.3) is 0 Å². The second-order valence-electron chi connectivity index (χ2n) is 3.35. The average molecular weight is 239 g/mol. The highest BCUT2D eigenvalue weighted by Crippen LogP contribution is 1.97. The molecule has 0 heterocycles. The Bertz CT molecular complexity index is 287. The fourth-order valence-corrected chi connectivity index (χ4v) is 2.16. The summed E-state index contributed by atoms with van der Waals surface area (Å²) in [6.45, 7) is 1.12. The van der Waals surface area contributed by atoms with Gasteiger partial charge in [0.1, 0.15) is 5.75 Å². The fraction of sp³-hybridized carbons (Fsp3) is 0.857. The van der Waals surface area contributed by atoms with Crippen LogP contribution in [0.2, 0.25) is 0 Å². The second kappa shape index (κ2) is 5.59. The van der Waals surface area contributed by atoms with Crippen molar-refractivity contribution in [1.29, 1.82) is 0 Å². The Balaban J connectivity index is 4.22. The second-order valence-corrected chi connectivity index (χ2v) is 5.95. The van der Waals surface area contributed by atoms with Gasteiger partial charge < -0.3 is 10.6 Å². The number of thiocarbonyl (C=S) groups is 1. The average Bonchev–Trinajstić information content (AvgIpc) is 1.97. The normalized spacial score (nSPS) is 12.4. The van der Waals surface area contributed by atoms with E-state index in [1.807, 2.05) is 19.0 Å². The summed E-state index contributed by atoms with van der Waals surface area (Å²) < 4.78 is 24.3. The number of nitrogens with zero attached hydrogens (tertiary/aromatic N) is 2. The van der Waals surface area contributed by atoms with Gasteiger partial charge in [-0.2, -0.15) is 0 Å². The highest BCUT2D eigenvalue weighted by molar-refractivity contribution is 7.92. The Morgan fingerprint density at radius 2 is 1.79 bits per heavy atom. The SMILES string of the molecule is CN(C)CCN(C)S(=O)(=O)CC(N)=S. The molecule has 84 valence electrons. The van der Waals surface area contributed by atoms with Gasteiger partial charge >= 0.3 is 0 Å². The van der Waals surface area contributed by atoms with Crippen molar-refractivity contribution >= 4 is 27.2 Å². The van der Waals surface area contributed by atoms with Gasteiger partial charge in [-0.05, 0) is 14.1 Å². The smallest absolute Gasteiger partial charge is 0.220 e. The first-order valence-electron chi connectivity index (χ1n) is 4.13. The van der Waals surface area contributed by atoms with Crippen LogP contribution < -0.4 is 5.73 Å². The molecule has 0 fully saturated rings. The van der Waals surface area contributed by atoms with E-state index in [0.717, 1.165) is 0 Å². The topological polar surface area (TPSA) is 66.6 Å². The molecular formula is C7H17N3O2S2. The lowest BCUT2D eigenvalue weighted by Gasteiger charge is -2.18. The number of sulfonamides is 1. The zero-order valence-electron chi connectivity index (χ0n) is 8.73. The summed E-state index contributed by atoms with van der Waals surface area (Å²) >= 11 is 4.56. The molecule has 0 saturated carbocycles. The van der Waals surface area contributed by atoms with Crippen LogP contribution in [0.25, 0.3) is 0 Å². The molecule has 0 radical (unpaired) electrons. The molecule has 0 bridgehead atoms. The van der Waals surface area contributed by atoms with E-state index in [1.54, 1.807) is 0 Å². The summed E-state index contributed by atoms with van der Waals surface area (Å²) in [5.41, 5.74) is 5.19. The van der Waals surface area contributed by atoms with Crippen LogP contribution in [0.5, 0.6) is 0 Å². The molecule has 14 heavy (non-hydrogen) atoms. The summed E-state index contributed by atoms with van der Waals surface area (Å²) in [6, 6.07) is 0. The van der Waals surface area contributed by atoms with E-state index >= 15 is 0 Å². The maximum Gasteiger partial charge on any atom is 0.220 e. The van der Waals surface area contributed by atoms with E-state index < -0.39 is 10.0 Å². The minimum atomic E-state index is -3.31. The van der Waals surface area contributed by atoms with E-state index in [0.29, 0.717) is 13.1 Å². The van der Waals surface area contributed by atoms with Crippen molar-refractivity contribution in [2.75, 3.05) is 40.0 Å². The van der Waals surface area contributed by atoms with Gasteiger partial charge in [0.15, 0.2) is 0 Å². The number of rotatable bonds is 6. The molecule has 0 unspecified atom stereocenters. The largest absolute Gasteiger partial charge is 0.392 e. The highest BCUT2D eigenvalue weighted by Gasteiger charge is 2.18. The monoisotopic (exact) mass is 239 g/mol. The maximum absolute atomic E-state index is 11.5. The summed E-state index contributed by atoms with van der Waals surface area (Å²) in [4.78, 5) is 1.91. The van der Waals surface area contributed by atoms with E-state index in [2.05, 4.69) is 12.2 Å². The summed E-state index contributed by atoms with van der Waals surface area (Å²) in [6.07, 6.45) is 0. The molecule has 0 amide bonds.